The molecule has 0 saturated heterocycles. The summed E-state index contributed by atoms with van der Waals surface area (Å²) in [6.07, 6.45) is 3.95. The third-order valence-electron chi connectivity index (χ3n) is 2.61. The summed E-state index contributed by atoms with van der Waals surface area (Å²) in [5.41, 5.74) is -0.0131. The number of aliphatic hydroxyl groups excluding tert-OH is 1. The molecule has 0 amide bonds. The van der Waals surface area contributed by atoms with Gasteiger partial charge >= 0.3 is 0 Å². The molecule has 3 heteroatoms. The van der Waals surface area contributed by atoms with Crippen LogP contribution in [0.2, 0.25) is 0 Å². The first-order valence-electron chi connectivity index (χ1n) is 5.47. The summed E-state index contributed by atoms with van der Waals surface area (Å²) in [5, 5.41) is 8.57. The molecule has 0 fully saturated rings. The first-order valence-corrected chi connectivity index (χ1v) is 5.90. The number of hydrogen-bond acceptors (Lipinski definition) is 2. The van der Waals surface area contributed by atoms with Crippen molar-refractivity contribution >= 4 is 11.6 Å². The Morgan fingerprint density at radius 1 is 1.43 bits per heavy atom. The molecular weight excluding hydrogens is 200 g/mol. The van der Waals surface area contributed by atoms with Crippen LogP contribution >= 0.6 is 11.6 Å². The van der Waals surface area contributed by atoms with E-state index in [9.17, 15) is 0 Å². The van der Waals surface area contributed by atoms with Crippen molar-refractivity contribution in [1.29, 1.82) is 0 Å². The normalized spacial score (nSPS) is 17.8. The second-order valence-electron chi connectivity index (χ2n) is 3.97. The van der Waals surface area contributed by atoms with E-state index in [-0.39, 0.29) is 17.6 Å². The summed E-state index contributed by atoms with van der Waals surface area (Å²) in [6, 6.07) is 0. The van der Waals surface area contributed by atoms with Crippen molar-refractivity contribution in [2.45, 2.75) is 57.4 Å². The van der Waals surface area contributed by atoms with Crippen molar-refractivity contribution in [1.82, 2.24) is 0 Å². The fraction of sp³-hybridized carbons (Fsp3) is 1.00. The Kier molecular flexibility index (Phi) is 7.61. The molecule has 1 N–H and O–H groups in total. The maximum Gasteiger partial charge on any atom is 0.0651 e. The van der Waals surface area contributed by atoms with Crippen LogP contribution in [0.3, 0.4) is 0 Å². The summed E-state index contributed by atoms with van der Waals surface area (Å²) >= 11 is 5.78. The van der Waals surface area contributed by atoms with Gasteiger partial charge in [-0.3, -0.25) is 0 Å². The van der Waals surface area contributed by atoms with Crippen molar-refractivity contribution in [3.05, 3.63) is 0 Å². The second kappa shape index (κ2) is 7.49. The number of alkyl halides is 1. The lowest BCUT2D eigenvalue weighted by atomic mass is 9.97. The largest absolute Gasteiger partial charge is 0.395 e. The highest BCUT2D eigenvalue weighted by atomic mass is 35.5. The van der Waals surface area contributed by atoms with Crippen LogP contribution in [-0.2, 0) is 4.74 Å². The molecule has 0 bridgehead atoms. The zero-order chi connectivity index (χ0) is 11.0. The number of aliphatic hydroxyl groups is 1. The Labute approximate surface area is 92.6 Å². The van der Waals surface area contributed by atoms with Crippen molar-refractivity contribution in [3.8, 4) is 0 Å². The molecular formula is C11H23ClO2. The van der Waals surface area contributed by atoms with Crippen LogP contribution in [0.5, 0.6) is 0 Å². The van der Waals surface area contributed by atoms with E-state index in [0.29, 0.717) is 6.61 Å². The zero-order valence-electron chi connectivity index (χ0n) is 9.55. The number of hydrogen-bond donors (Lipinski definition) is 1. The lowest BCUT2D eigenvalue weighted by Gasteiger charge is -2.28. The molecule has 86 valence electrons. The zero-order valence-corrected chi connectivity index (χ0v) is 10.3. The predicted molar refractivity (Wildman–Crippen MR) is 60.9 cm³/mol. The van der Waals surface area contributed by atoms with Crippen LogP contribution in [0.25, 0.3) is 0 Å². The highest BCUT2D eigenvalue weighted by Crippen LogP contribution is 2.22. The predicted octanol–water partition coefficient (Wildman–Crippen LogP) is 2.96. The van der Waals surface area contributed by atoms with Gasteiger partial charge in [0, 0.05) is 6.61 Å². The minimum atomic E-state index is -0.169. The van der Waals surface area contributed by atoms with Gasteiger partial charge in [-0.05, 0) is 26.2 Å². The molecule has 0 aromatic heterocycles. The lowest BCUT2D eigenvalue weighted by Crippen LogP contribution is -2.29. The Hall–Kier alpha value is 0.210. The number of ether oxygens (including phenoxy) is 1. The average Bonchev–Trinajstić information content (AvgIpc) is 2.18. The van der Waals surface area contributed by atoms with E-state index in [1.807, 2.05) is 0 Å². The molecule has 0 aliphatic rings. The summed E-state index contributed by atoms with van der Waals surface area (Å²) in [4.78, 5) is 0. The van der Waals surface area contributed by atoms with Gasteiger partial charge in [-0.25, -0.2) is 0 Å². The van der Waals surface area contributed by atoms with Crippen LogP contribution in [-0.4, -0.2) is 29.3 Å². The highest BCUT2D eigenvalue weighted by Gasteiger charge is 2.21. The Morgan fingerprint density at radius 3 is 2.50 bits per heavy atom. The van der Waals surface area contributed by atoms with Crippen molar-refractivity contribution in [3.63, 3.8) is 0 Å². The first-order chi connectivity index (χ1) is 6.58. The molecule has 0 aromatic rings. The molecule has 0 aromatic carbocycles. The Bertz CT molecular complexity index is 141. The molecule has 0 aliphatic heterocycles. The van der Waals surface area contributed by atoms with Gasteiger partial charge in [0.1, 0.15) is 0 Å². The van der Waals surface area contributed by atoms with Gasteiger partial charge < -0.3 is 9.84 Å². The van der Waals surface area contributed by atoms with Gasteiger partial charge in [0.05, 0.1) is 17.6 Å². The standard InChI is InChI=1S/C11H23ClO2/c1-4-7-11(3,5-2)14-8-6-10(12)9-13/h10,13H,4-9H2,1-3H3. The second-order valence-corrected chi connectivity index (χ2v) is 4.59. The van der Waals surface area contributed by atoms with Gasteiger partial charge in [-0.15, -0.1) is 11.6 Å². The van der Waals surface area contributed by atoms with E-state index in [4.69, 9.17) is 21.4 Å². The molecule has 0 heterocycles. The SMILES string of the molecule is CCCC(C)(CC)OCCC(Cl)CO. The van der Waals surface area contributed by atoms with E-state index in [1.165, 1.54) is 0 Å². The molecule has 0 aliphatic carbocycles. The number of halogens is 1. The molecule has 0 saturated carbocycles. The van der Waals surface area contributed by atoms with Gasteiger partial charge in [0.15, 0.2) is 0 Å². The number of rotatable bonds is 8. The summed E-state index contributed by atoms with van der Waals surface area (Å²) in [5.74, 6) is 0. The van der Waals surface area contributed by atoms with Gasteiger partial charge in [0.25, 0.3) is 0 Å². The van der Waals surface area contributed by atoms with Crippen molar-refractivity contribution in [2.24, 2.45) is 0 Å². The third-order valence-corrected chi connectivity index (χ3v) is 2.96. The van der Waals surface area contributed by atoms with Crippen LogP contribution in [0.4, 0.5) is 0 Å². The minimum Gasteiger partial charge on any atom is -0.395 e. The lowest BCUT2D eigenvalue weighted by molar-refractivity contribution is -0.0426. The van der Waals surface area contributed by atoms with Crippen molar-refractivity contribution < 1.29 is 9.84 Å². The maximum atomic E-state index is 8.74. The van der Waals surface area contributed by atoms with E-state index >= 15 is 0 Å². The maximum absolute atomic E-state index is 8.74. The van der Waals surface area contributed by atoms with Gasteiger partial charge in [-0.2, -0.15) is 0 Å². The third kappa shape index (κ3) is 5.84. The van der Waals surface area contributed by atoms with E-state index in [0.717, 1.165) is 25.7 Å². The van der Waals surface area contributed by atoms with Gasteiger partial charge in [0.2, 0.25) is 0 Å². The smallest absolute Gasteiger partial charge is 0.0651 e. The van der Waals surface area contributed by atoms with Crippen LogP contribution < -0.4 is 0 Å². The van der Waals surface area contributed by atoms with E-state index in [2.05, 4.69) is 20.8 Å². The fourth-order valence-corrected chi connectivity index (χ4v) is 1.49. The molecule has 0 radical (unpaired) electrons. The fourth-order valence-electron chi connectivity index (χ4n) is 1.40. The molecule has 0 rings (SSSR count). The van der Waals surface area contributed by atoms with Gasteiger partial charge in [-0.1, -0.05) is 20.3 Å². The monoisotopic (exact) mass is 222 g/mol. The topological polar surface area (TPSA) is 29.5 Å². The van der Waals surface area contributed by atoms with E-state index < -0.39 is 0 Å². The average molecular weight is 223 g/mol. The van der Waals surface area contributed by atoms with Crippen LogP contribution in [0.1, 0.15) is 46.5 Å². The summed E-state index contributed by atoms with van der Waals surface area (Å²) < 4.78 is 5.80. The molecule has 2 unspecified atom stereocenters. The Balaban J connectivity index is 3.72. The minimum absolute atomic E-state index is 0.0131. The summed E-state index contributed by atoms with van der Waals surface area (Å²) in [6.45, 7) is 7.11. The molecule has 2 atom stereocenters. The molecule has 2 nitrogen and oxygen atoms in total. The Morgan fingerprint density at radius 2 is 2.07 bits per heavy atom. The molecule has 14 heavy (non-hydrogen) atoms. The molecule has 0 spiro atoms. The summed E-state index contributed by atoms with van der Waals surface area (Å²) in [7, 11) is 0. The van der Waals surface area contributed by atoms with E-state index in [1.54, 1.807) is 0 Å². The van der Waals surface area contributed by atoms with Crippen LogP contribution in [0.15, 0.2) is 0 Å². The first kappa shape index (κ1) is 14.2. The quantitative estimate of drug-likeness (QED) is 0.640. The van der Waals surface area contributed by atoms with Crippen molar-refractivity contribution in [2.75, 3.05) is 13.2 Å². The highest BCUT2D eigenvalue weighted by molar-refractivity contribution is 6.20. The van der Waals surface area contributed by atoms with Crippen LogP contribution in [0, 0.1) is 0 Å².